The molecule has 0 N–H and O–H groups in total. The third-order valence-electron chi connectivity index (χ3n) is 2.21. The van der Waals surface area contributed by atoms with Gasteiger partial charge in [-0.15, -0.1) is 0 Å². The fraction of sp³-hybridized carbons (Fsp3) is 0.167. The van der Waals surface area contributed by atoms with E-state index in [4.69, 9.17) is 5.26 Å². The van der Waals surface area contributed by atoms with Gasteiger partial charge in [0, 0.05) is 17.3 Å². The molecule has 0 amide bonds. The maximum absolute atomic E-state index is 8.57. The standard InChI is InChI=1S/C12H10N2/c1-9-6-11-3-2-10(4-5-13)7-12(11)8-14-9/h2-3,6-8H,4H2,1H3. The number of rotatable bonds is 1. The van der Waals surface area contributed by atoms with Gasteiger partial charge in [-0.25, -0.2) is 0 Å². The summed E-state index contributed by atoms with van der Waals surface area (Å²) in [4.78, 5) is 4.23. The Hall–Kier alpha value is -1.88. The number of aryl methyl sites for hydroxylation is 1. The molecule has 1 heterocycles. The lowest BCUT2D eigenvalue weighted by Gasteiger charge is -2.00. The van der Waals surface area contributed by atoms with E-state index in [9.17, 15) is 0 Å². The fourth-order valence-corrected chi connectivity index (χ4v) is 1.50. The van der Waals surface area contributed by atoms with E-state index < -0.39 is 0 Å². The summed E-state index contributed by atoms with van der Waals surface area (Å²) in [7, 11) is 0. The van der Waals surface area contributed by atoms with Crippen LogP contribution in [-0.4, -0.2) is 4.98 Å². The molecule has 0 fully saturated rings. The van der Waals surface area contributed by atoms with Crippen molar-refractivity contribution in [2.24, 2.45) is 0 Å². The largest absolute Gasteiger partial charge is 0.261 e. The first-order chi connectivity index (χ1) is 6.79. The SMILES string of the molecule is Cc1cc2ccc(CC#N)cc2cn1. The Bertz CT molecular complexity index is 509. The average Bonchev–Trinajstić information content (AvgIpc) is 2.19. The van der Waals surface area contributed by atoms with Crippen molar-refractivity contribution >= 4 is 10.8 Å². The molecule has 0 spiro atoms. The van der Waals surface area contributed by atoms with Gasteiger partial charge in [0.05, 0.1) is 12.5 Å². The molecule has 0 aliphatic rings. The van der Waals surface area contributed by atoms with Crippen LogP contribution in [0.4, 0.5) is 0 Å². The third-order valence-corrected chi connectivity index (χ3v) is 2.21. The van der Waals surface area contributed by atoms with Gasteiger partial charge in [0.15, 0.2) is 0 Å². The first-order valence-corrected chi connectivity index (χ1v) is 4.52. The van der Waals surface area contributed by atoms with Crippen molar-refractivity contribution in [3.8, 4) is 6.07 Å². The lowest BCUT2D eigenvalue weighted by molar-refractivity contribution is 1.22. The highest BCUT2D eigenvalue weighted by Crippen LogP contribution is 2.16. The molecule has 2 aromatic rings. The molecular weight excluding hydrogens is 172 g/mol. The molecule has 0 atom stereocenters. The van der Waals surface area contributed by atoms with Crippen molar-refractivity contribution in [2.75, 3.05) is 0 Å². The summed E-state index contributed by atoms with van der Waals surface area (Å²) >= 11 is 0. The number of hydrogen-bond donors (Lipinski definition) is 0. The number of hydrogen-bond acceptors (Lipinski definition) is 2. The zero-order valence-electron chi connectivity index (χ0n) is 7.99. The Labute approximate surface area is 82.8 Å². The monoisotopic (exact) mass is 182 g/mol. The van der Waals surface area contributed by atoms with Crippen molar-refractivity contribution in [3.05, 3.63) is 41.7 Å². The summed E-state index contributed by atoms with van der Waals surface area (Å²) < 4.78 is 0. The minimum atomic E-state index is 0.462. The van der Waals surface area contributed by atoms with Crippen molar-refractivity contribution in [2.45, 2.75) is 13.3 Å². The van der Waals surface area contributed by atoms with Crippen molar-refractivity contribution in [3.63, 3.8) is 0 Å². The van der Waals surface area contributed by atoms with E-state index in [0.717, 1.165) is 16.6 Å². The van der Waals surface area contributed by atoms with Crippen LogP contribution in [0.5, 0.6) is 0 Å². The Morgan fingerprint density at radius 1 is 1.29 bits per heavy atom. The molecule has 0 unspecified atom stereocenters. The van der Waals surface area contributed by atoms with Crippen LogP contribution < -0.4 is 0 Å². The highest BCUT2D eigenvalue weighted by Gasteiger charge is 1.96. The first-order valence-electron chi connectivity index (χ1n) is 4.52. The molecule has 14 heavy (non-hydrogen) atoms. The van der Waals surface area contributed by atoms with E-state index in [1.807, 2.05) is 37.4 Å². The van der Waals surface area contributed by atoms with E-state index in [2.05, 4.69) is 11.1 Å². The molecule has 1 aromatic carbocycles. The molecule has 2 heteroatoms. The predicted molar refractivity (Wildman–Crippen MR) is 55.8 cm³/mol. The van der Waals surface area contributed by atoms with Crippen molar-refractivity contribution in [1.82, 2.24) is 4.98 Å². The second-order valence-corrected chi connectivity index (χ2v) is 3.34. The molecule has 0 saturated heterocycles. The molecule has 0 radical (unpaired) electrons. The lowest BCUT2D eigenvalue weighted by Crippen LogP contribution is -1.84. The van der Waals surface area contributed by atoms with Gasteiger partial charge in [-0.1, -0.05) is 12.1 Å². The van der Waals surface area contributed by atoms with Gasteiger partial charge in [-0.3, -0.25) is 4.98 Å². The lowest BCUT2D eigenvalue weighted by atomic mass is 10.1. The molecule has 0 aliphatic carbocycles. The summed E-state index contributed by atoms with van der Waals surface area (Å²) in [5.74, 6) is 0. The number of pyridine rings is 1. The van der Waals surface area contributed by atoms with Crippen molar-refractivity contribution < 1.29 is 0 Å². The number of fused-ring (bicyclic) bond motifs is 1. The van der Waals surface area contributed by atoms with Crippen LogP contribution in [-0.2, 0) is 6.42 Å². The summed E-state index contributed by atoms with van der Waals surface area (Å²) in [5, 5.41) is 10.9. The second-order valence-electron chi connectivity index (χ2n) is 3.34. The summed E-state index contributed by atoms with van der Waals surface area (Å²) in [6.07, 6.45) is 2.31. The number of benzene rings is 1. The molecule has 1 aromatic heterocycles. The molecule has 0 bridgehead atoms. The van der Waals surface area contributed by atoms with E-state index in [-0.39, 0.29) is 0 Å². The smallest absolute Gasteiger partial charge is 0.0669 e. The van der Waals surface area contributed by atoms with Gasteiger partial charge < -0.3 is 0 Å². The highest BCUT2D eigenvalue weighted by atomic mass is 14.6. The van der Waals surface area contributed by atoms with Gasteiger partial charge in [0.1, 0.15) is 0 Å². The minimum absolute atomic E-state index is 0.462. The summed E-state index contributed by atoms with van der Waals surface area (Å²) in [6.45, 7) is 1.97. The minimum Gasteiger partial charge on any atom is -0.261 e. The molecule has 2 rings (SSSR count). The predicted octanol–water partition coefficient (Wildman–Crippen LogP) is 2.61. The Morgan fingerprint density at radius 3 is 2.93 bits per heavy atom. The molecule has 68 valence electrons. The van der Waals surface area contributed by atoms with Crippen LogP contribution >= 0.6 is 0 Å². The third kappa shape index (κ3) is 1.57. The normalized spacial score (nSPS) is 10.0. The zero-order chi connectivity index (χ0) is 9.97. The number of nitrogens with zero attached hydrogens (tertiary/aromatic N) is 2. The van der Waals surface area contributed by atoms with Crippen LogP contribution in [0.2, 0.25) is 0 Å². The van der Waals surface area contributed by atoms with Crippen molar-refractivity contribution in [1.29, 1.82) is 5.26 Å². The van der Waals surface area contributed by atoms with Crippen LogP contribution in [0, 0.1) is 18.3 Å². The average molecular weight is 182 g/mol. The van der Waals surface area contributed by atoms with Gasteiger partial charge in [-0.2, -0.15) is 5.26 Å². The van der Waals surface area contributed by atoms with E-state index in [1.54, 1.807) is 0 Å². The fourth-order valence-electron chi connectivity index (χ4n) is 1.50. The van der Waals surface area contributed by atoms with Gasteiger partial charge >= 0.3 is 0 Å². The Morgan fingerprint density at radius 2 is 2.14 bits per heavy atom. The number of nitriles is 1. The molecular formula is C12H10N2. The summed E-state index contributed by atoms with van der Waals surface area (Å²) in [6, 6.07) is 10.2. The molecule has 0 aliphatic heterocycles. The second kappa shape index (κ2) is 3.47. The van der Waals surface area contributed by atoms with E-state index in [0.29, 0.717) is 6.42 Å². The maximum atomic E-state index is 8.57. The highest BCUT2D eigenvalue weighted by molar-refractivity contribution is 5.82. The Balaban J connectivity index is 2.57. The summed E-state index contributed by atoms with van der Waals surface area (Å²) in [5.41, 5.74) is 2.07. The van der Waals surface area contributed by atoms with Crippen LogP contribution in [0.25, 0.3) is 10.8 Å². The quantitative estimate of drug-likeness (QED) is 0.679. The van der Waals surface area contributed by atoms with Gasteiger partial charge in [0.25, 0.3) is 0 Å². The first kappa shape index (κ1) is 8.71. The van der Waals surface area contributed by atoms with Gasteiger partial charge in [-0.05, 0) is 30.0 Å². The number of aromatic nitrogens is 1. The van der Waals surface area contributed by atoms with E-state index >= 15 is 0 Å². The zero-order valence-corrected chi connectivity index (χ0v) is 7.99. The van der Waals surface area contributed by atoms with Gasteiger partial charge in [0.2, 0.25) is 0 Å². The molecule has 2 nitrogen and oxygen atoms in total. The molecule has 0 saturated carbocycles. The van der Waals surface area contributed by atoms with Crippen LogP contribution in [0.1, 0.15) is 11.3 Å². The topological polar surface area (TPSA) is 36.7 Å². The van der Waals surface area contributed by atoms with Crippen LogP contribution in [0.15, 0.2) is 30.5 Å². The van der Waals surface area contributed by atoms with Crippen LogP contribution in [0.3, 0.4) is 0 Å². The van der Waals surface area contributed by atoms with E-state index in [1.165, 1.54) is 5.39 Å². The maximum Gasteiger partial charge on any atom is 0.0669 e. The Kier molecular flexibility index (Phi) is 2.16.